The number of nitrogens with zero attached hydrogens (tertiary/aromatic N) is 3. The fourth-order valence-electron chi connectivity index (χ4n) is 2.23. The largest absolute Gasteiger partial charge is 0.497 e. The number of pyridine rings is 1. The zero-order valence-electron chi connectivity index (χ0n) is 12.1. The minimum Gasteiger partial charge on any atom is -0.497 e. The van der Waals surface area contributed by atoms with Crippen molar-refractivity contribution < 1.29 is 9.47 Å². The molecule has 0 fully saturated rings. The quantitative estimate of drug-likeness (QED) is 0.722. The van der Waals surface area contributed by atoms with Crippen LogP contribution in [0.25, 0.3) is 10.9 Å². The van der Waals surface area contributed by atoms with Gasteiger partial charge in [0, 0.05) is 37.3 Å². The molecule has 2 aromatic heterocycles. The van der Waals surface area contributed by atoms with Crippen LogP contribution in [0.1, 0.15) is 5.56 Å². The minimum absolute atomic E-state index is 0.608. The van der Waals surface area contributed by atoms with Crippen molar-refractivity contribution in [2.24, 2.45) is 7.05 Å². The third-order valence-electron chi connectivity index (χ3n) is 3.32. The fourth-order valence-corrected chi connectivity index (χ4v) is 2.23. The third-order valence-corrected chi connectivity index (χ3v) is 3.32. The van der Waals surface area contributed by atoms with Crippen LogP contribution in [-0.2, 0) is 13.5 Å². The normalized spacial score (nSPS) is 10.8. The first-order valence-corrected chi connectivity index (χ1v) is 6.79. The monoisotopic (exact) mass is 283 g/mol. The predicted octanol–water partition coefficient (Wildman–Crippen LogP) is 2.60. The van der Waals surface area contributed by atoms with Gasteiger partial charge in [-0.15, -0.1) is 0 Å². The van der Waals surface area contributed by atoms with E-state index in [0.29, 0.717) is 6.61 Å². The summed E-state index contributed by atoms with van der Waals surface area (Å²) in [6.45, 7) is 0.608. The fraction of sp³-hybridized carbons (Fsp3) is 0.250. The van der Waals surface area contributed by atoms with Crippen molar-refractivity contribution in [2.75, 3.05) is 13.7 Å². The van der Waals surface area contributed by atoms with Crippen LogP contribution in [0.3, 0.4) is 0 Å². The van der Waals surface area contributed by atoms with Gasteiger partial charge in [-0.2, -0.15) is 5.10 Å². The van der Waals surface area contributed by atoms with Crippen molar-refractivity contribution in [3.63, 3.8) is 0 Å². The summed E-state index contributed by atoms with van der Waals surface area (Å²) in [7, 11) is 3.56. The van der Waals surface area contributed by atoms with Crippen molar-refractivity contribution >= 4 is 10.9 Å². The van der Waals surface area contributed by atoms with Gasteiger partial charge in [-0.3, -0.25) is 9.67 Å². The van der Waals surface area contributed by atoms with Gasteiger partial charge in [0.2, 0.25) is 0 Å². The molecule has 0 radical (unpaired) electrons. The smallest absolute Gasteiger partial charge is 0.130 e. The summed E-state index contributed by atoms with van der Waals surface area (Å²) in [6.07, 6.45) is 6.44. The van der Waals surface area contributed by atoms with E-state index in [9.17, 15) is 0 Å². The molecule has 5 heteroatoms. The van der Waals surface area contributed by atoms with Crippen LogP contribution in [0.4, 0.5) is 0 Å². The van der Waals surface area contributed by atoms with Crippen LogP contribution in [0, 0.1) is 0 Å². The van der Waals surface area contributed by atoms with Crippen molar-refractivity contribution in [2.45, 2.75) is 6.42 Å². The number of ether oxygens (including phenoxy) is 2. The molecule has 108 valence electrons. The standard InChI is InChI=1S/C16H17N3O2/c1-19-11-12(10-18-19)6-8-21-16-5-7-17-15-9-13(20-2)3-4-14(15)16/h3-5,7,9-11H,6,8H2,1-2H3. The molecule has 0 saturated heterocycles. The summed E-state index contributed by atoms with van der Waals surface area (Å²) in [5.74, 6) is 1.63. The second-order valence-electron chi connectivity index (χ2n) is 4.81. The van der Waals surface area contributed by atoms with Gasteiger partial charge in [-0.05, 0) is 23.8 Å². The Labute approximate surface area is 123 Å². The van der Waals surface area contributed by atoms with Crippen molar-refractivity contribution in [3.05, 3.63) is 48.4 Å². The molecule has 0 aliphatic carbocycles. The lowest BCUT2D eigenvalue weighted by molar-refractivity contribution is 0.325. The van der Waals surface area contributed by atoms with Gasteiger partial charge in [0.05, 0.1) is 25.4 Å². The van der Waals surface area contributed by atoms with Crippen LogP contribution in [-0.4, -0.2) is 28.5 Å². The van der Waals surface area contributed by atoms with E-state index in [-0.39, 0.29) is 0 Å². The van der Waals surface area contributed by atoms with Gasteiger partial charge in [0.15, 0.2) is 0 Å². The molecule has 21 heavy (non-hydrogen) atoms. The number of fused-ring (bicyclic) bond motifs is 1. The number of methoxy groups -OCH3 is 1. The molecule has 5 nitrogen and oxygen atoms in total. The summed E-state index contributed by atoms with van der Waals surface area (Å²) in [6, 6.07) is 7.68. The summed E-state index contributed by atoms with van der Waals surface area (Å²) in [4.78, 5) is 4.35. The van der Waals surface area contributed by atoms with Crippen LogP contribution in [0.2, 0.25) is 0 Å². The van der Waals surface area contributed by atoms with E-state index >= 15 is 0 Å². The first-order valence-electron chi connectivity index (χ1n) is 6.79. The van der Waals surface area contributed by atoms with E-state index in [1.165, 1.54) is 0 Å². The van der Waals surface area contributed by atoms with Gasteiger partial charge in [-0.1, -0.05) is 0 Å². The van der Waals surface area contributed by atoms with Gasteiger partial charge < -0.3 is 9.47 Å². The van der Waals surface area contributed by atoms with Gasteiger partial charge in [-0.25, -0.2) is 0 Å². The predicted molar refractivity (Wildman–Crippen MR) is 80.7 cm³/mol. The lowest BCUT2D eigenvalue weighted by Gasteiger charge is -2.09. The molecule has 0 atom stereocenters. The summed E-state index contributed by atoms with van der Waals surface area (Å²) in [5.41, 5.74) is 2.03. The maximum Gasteiger partial charge on any atom is 0.130 e. The van der Waals surface area contributed by atoms with Gasteiger partial charge in [0.25, 0.3) is 0 Å². The molecule has 3 rings (SSSR count). The zero-order valence-corrected chi connectivity index (χ0v) is 12.1. The Kier molecular flexibility index (Phi) is 3.73. The summed E-state index contributed by atoms with van der Waals surface area (Å²) >= 11 is 0. The highest BCUT2D eigenvalue weighted by Gasteiger charge is 2.05. The highest BCUT2D eigenvalue weighted by Crippen LogP contribution is 2.27. The van der Waals surface area contributed by atoms with E-state index in [1.54, 1.807) is 18.0 Å². The van der Waals surface area contributed by atoms with Crippen molar-refractivity contribution in [1.82, 2.24) is 14.8 Å². The van der Waals surface area contributed by atoms with E-state index < -0.39 is 0 Å². The number of aromatic nitrogens is 3. The Balaban J connectivity index is 1.74. The molecule has 0 saturated carbocycles. The second-order valence-corrected chi connectivity index (χ2v) is 4.81. The molecule has 0 aliphatic rings. The summed E-state index contributed by atoms with van der Waals surface area (Å²) in [5, 5.41) is 5.14. The average Bonchev–Trinajstić information content (AvgIpc) is 2.92. The van der Waals surface area contributed by atoms with Crippen LogP contribution >= 0.6 is 0 Å². The first-order chi connectivity index (χ1) is 10.3. The molecular formula is C16H17N3O2. The number of hydrogen-bond acceptors (Lipinski definition) is 4. The Morgan fingerprint density at radius 3 is 2.90 bits per heavy atom. The van der Waals surface area contributed by atoms with Crippen molar-refractivity contribution in [3.8, 4) is 11.5 Å². The van der Waals surface area contributed by atoms with E-state index in [4.69, 9.17) is 9.47 Å². The SMILES string of the molecule is COc1ccc2c(OCCc3cnn(C)c3)ccnc2c1. The highest BCUT2D eigenvalue weighted by atomic mass is 16.5. The van der Waals surface area contributed by atoms with E-state index in [1.807, 2.05) is 43.7 Å². The lowest BCUT2D eigenvalue weighted by atomic mass is 10.2. The van der Waals surface area contributed by atoms with Crippen LogP contribution < -0.4 is 9.47 Å². The van der Waals surface area contributed by atoms with E-state index in [0.717, 1.165) is 34.4 Å². The van der Waals surface area contributed by atoms with Crippen LogP contribution in [0.15, 0.2) is 42.9 Å². The third kappa shape index (κ3) is 2.97. The topological polar surface area (TPSA) is 49.2 Å². The molecule has 0 aliphatic heterocycles. The second kappa shape index (κ2) is 5.83. The number of hydrogen-bond donors (Lipinski definition) is 0. The number of benzene rings is 1. The molecule has 2 heterocycles. The van der Waals surface area contributed by atoms with Gasteiger partial charge >= 0.3 is 0 Å². The molecule has 0 spiro atoms. The average molecular weight is 283 g/mol. The highest BCUT2D eigenvalue weighted by molar-refractivity contribution is 5.85. The zero-order chi connectivity index (χ0) is 14.7. The van der Waals surface area contributed by atoms with Crippen LogP contribution in [0.5, 0.6) is 11.5 Å². The Morgan fingerprint density at radius 1 is 1.24 bits per heavy atom. The Hall–Kier alpha value is -2.56. The Bertz CT molecular complexity index is 752. The molecule has 0 N–H and O–H groups in total. The molecule has 3 aromatic rings. The molecule has 1 aromatic carbocycles. The maximum absolute atomic E-state index is 5.89. The summed E-state index contributed by atoms with van der Waals surface area (Å²) < 4.78 is 12.9. The first kappa shape index (κ1) is 13.4. The lowest BCUT2D eigenvalue weighted by Crippen LogP contribution is -2.01. The molecule has 0 amide bonds. The maximum atomic E-state index is 5.89. The molecular weight excluding hydrogens is 266 g/mol. The van der Waals surface area contributed by atoms with E-state index in [2.05, 4.69) is 10.1 Å². The molecule has 0 bridgehead atoms. The minimum atomic E-state index is 0.608. The van der Waals surface area contributed by atoms with Crippen molar-refractivity contribution in [1.29, 1.82) is 0 Å². The van der Waals surface area contributed by atoms with Gasteiger partial charge in [0.1, 0.15) is 11.5 Å². The number of aryl methyl sites for hydroxylation is 1. The molecule has 0 unspecified atom stereocenters. The Morgan fingerprint density at radius 2 is 2.14 bits per heavy atom. The number of rotatable bonds is 5.